The Bertz CT molecular complexity index is 451. The number of H-pyrrole nitrogens is 1. The lowest BCUT2D eigenvalue weighted by Crippen LogP contribution is -2.13. The molecule has 2 rings (SSSR count). The van der Waals surface area contributed by atoms with Crippen LogP contribution in [0.1, 0.15) is 11.3 Å². The largest absolute Gasteiger partial charge is 0.346 e. The van der Waals surface area contributed by atoms with Crippen molar-refractivity contribution in [1.29, 1.82) is 0 Å². The van der Waals surface area contributed by atoms with E-state index in [0.717, 1.165) is 0 Å². The maximum atomic E-state index is 6.24. The molecule has 0 atom stereocenters. The number of alkyl halides is 2. The average Bonchev–Trinajstić information content (AvgIpc) is 2.71. The molecule has 0 spiro atoms. The van der Waals surface area contributed by atoms with E-state index >= 15 is 0 Å². The number of benzene rings is 1. The van der Waals surface area contributed by atoms with E-state index in [4.69, 9.17) is 34.8 Å². The summed E-state index contributed by atoms with van der Waals surface area (Å²) in [4.78, 5) is 6.75. The van der Waals surface area contributed by atoms with Crippen molar-refractivity contribution >= 4 is 34.8 Å². The molecule has 1 heterocycles. The van der Waals surface area contributed by atoms with Crippen LogP contribution in [-0.4, -0.2) is 9.97 Å². The number of imidazole rings is 1. The maximum absolute atomic E-state index is 6.24. The smallest absolute Gasteiger partial charge is 0.185 e. The summed E-state index contributed by atoms with van der Waals surface area (Å²) in [5.74, 6) is 0. The molecular formula is C10H7Cl3N2. The minimum absolute atomic E-state index is 0.525. The lowest BCUT2D eigenvalue weighted by atomic mass is 10.1. The number of halogens is 3. The number of rotatable bonds is 2. The van der Waals surface area contributed by atoms with Gasteiger partial charge < -0.3 is 4.98 Å². The van der Waals surface area contributed by atoms with Crippen LogP contribution in [0.2, 0.25) is 5.02 Å². The van der Waals surface area contributed by atoms with Crippen LogP contribution < -0.4 is 0 Å². The molecule has 2 nitrogen and oxygen atoms in total. The molecule has 78 valence electrons. The molecule has 0 aliphatic rings. The first kappa shape index (κ1) is 10.8. The Hall–Kier alpha value is -0.700. The van der Waals surface area contributed by atoms with Gasteiger partial charge in [-0.05, 0) is 6.07 Å². The quantitative estimate of drug-likeness (QED) is 0.820. The SMILES string of the molecule is Clc1ccccc1C(Cl)(Cl)c1cnc[nH]1. The molecular weight excluding hydrogens is 254 g/mol. The first-order valence-corrected chi connectivity index (χ1v) is 5.37. The third-order valence-corrected chi connectivity index (χ3v) is 3.19. The van der Waals surface area contributed by atoms with Crippen LogP contribution >= 0.6 is 34.8 Å². The van der Waals surface area contributed by atoms with E-state index in [0.29, 0.717) is 16.3 Å². The number of aromatic amines is 1. The van der Waals surface area contributed by atoms with Crippen LogP contribution in [0.25, 0.3) is 0 Å². The van der Waals surface area contributed by atoms with Crippen molar-refractivity contribution < 1.29 is 0 Å². The van der Waals surface area contributed by atoms with Crippen molar-refractivity contribution in [1.82, 2.24) is 9.97 Å². The predicted molar refractivity (Wildman–Crippen MR) is 62.5 cm³/mol. The monoisotopic (exact) mass is 260 g/mol. The van der Waals surface area contributed by atoms with Gasteiger partial charge in [-0.3, -0.25) is 0 Å². The Morgan fingerprint density at radius 1 is 1.20 bits per heavy atom. The summed E-state index contributed by atoms with van der Waals surface area (Å²) in [6, 6.07) is 7.18. The highest BCUT2D eigenvalue weighted by Crippen LogP contribution is 2.42. The molecule has 0 unspecified atom stereocenters. The molecule has 0 aliphatic heterocycles. The zero-order valence-electron chi connectivity index (χ0n) is 7.55. The van der Waals surface area contributed by atoms with Gasteiger partial charge in [0.05, 0.1) is 18.2 Å². The molecule has 0 saturated carbocycles. The summed E-state index contributed by atoms with van der Waals surface area (Å²) in [5, 5.41) is 0.525. The Balaban J connectivity index is 2.51. The molecule has 2 aromatic rings. The van der Waals surface area contributed by atoms with Gasteiger partial charge in [0, 0.05) is 10.6 Å². The van der Waals surface area contributed by atoms with Crippen molar-refractivity contribution in [3.8, 4) is 0 Å². The third kappa shape index (κ3) is 1.98. The van der Waals surface area contributed by atoms with Crippen LogP contribution in [0.4, 0.5) is 0 Å². The molecule has 0 amide bonds. The number of nitrogens with zero attached hydrogens (tertiary/aromatic N) is 1. The van der Waals surface area contributed by atoms with Gasteiger partial charge in [-0.25, -0.2) is 4.98 Å². The van der Waals surface area contributed by atoms with Crippen LogP contribution in [-0.2, 0) is 4.33 Å². The fraction of sp³-hybridized carbons (Fsp3) is 0.100. The first-order valence-electron chi connectivity index (χ1n) is 4.24. The fourth-order valence-corrected chi connectivity index (χ4v) is 2.20. The predicted octanol–water partition coefficient (Wildman–Crippen LogP) is 3.74. The van der Waals surface area contributed by atoms with Crippen molar-refractivity contribution in [3.05, 3.63) is 53.1 Å². The van der Waals surface area contributed by atoms with E-state index in [2.05, 4.69) is 9.97 Å². The standard InChI is InChI=1S/C10H7Cl3N2/c11-8-4-2-1-3-7(8)10(12,13)9-5-14-6-15-9/h1-6H,(H,14,15). The Kier molecular flexibility index (Phi) is 2.91. The second-order valence-corrected chi connectivity index (χ2v) is 4.75. The third-order valence-electron chi connectivity index (χ3n) is 2.05. The Morgan fingerprint density at radius 2 is 1.93 bits per heavy atom. The molecule has 1 aromatic carbocycles. The van der Waals surface area contributed by atoms with Gasteiger partial charge in [-0.15, -0.1) is 0 Å². The van der Waals surface area contributed by atoms with Crippen molar-refractivity contribution in [2.45, 2.75) is 4.33 Å². The summed E-state index contributed by atoms with van der Waals surface area (Å²) < 4.78 is -1.20. The summed E-state index contributed by atoms with van der Waals surface area (Å²) in [6.07, 6.45) is 3.09. The van der Waals surface area contributed by atoms with E-state index in [1.54, 1.807) is 18.3 Å². The summed E-state index contributed by atoms with van der Waals surface area (Å²) in [7, 11) is 0. The number of nitrogens with one attached hydrogen (secondary N) is 1. The fourth-order valence-electron chi connectivity index (χ4n) is 1.29. The number of hydrogen-bond acceptors (Lipinski definition) is 1. The highest BCUT2D eigenvalue weighted by Gasteiger charge is 2.32. The molecule has 0 fully saturated rings. The second kappa shape index (κ2) is 4.05. The molecule has 15 heavy (non-hydrogen) atoms. The first-order chi connectivity index (χ1) is 7.12. The zero-order chi connectivity index (χ0) is 10.9. The van der Waals surface area contributed by atoms with Crippen LogP contribution in [0.3, 0.4) is 0 Å². The lowest BCUT2D eigenvalue weighted by molar-refractivity contribution is 0.980. The van der Waals surface area contributed by atoms with E-state index in [-0.39, 0.29) is 0 Å². The Labute approximate surface area is 102 Å². The van der Waals surface area contributed by atoms with Crippen LogP contribution in [0.5, 0.6) is 0 Å². The van der Waals surface area contributed by atoms with Gasteiger partial charge in [0.15, 0.2) is 4.33 Å². The molecule has 0 bridgehead atoms. The van der Waals surface area contributed by atoms with Gasteiger partial charge >= 0.3 is 0 Å². The maximum Gasteiger partial charge on any atom is 0.185 e. The normalized spacial score (nSPS) is 11.7. The minimum atomic E-state index is -1.20. The van der Waals surface area contributed by atoms with Gasteiger partial charge in [0.2, 0.25) is 0 Å². The molecule has 1 N–H and O–H groups in total. The van der Waals surface area contributed by atoms with E-state index in [9.17, 15) is 0 Å². The van der Waals surface area contributed by atoms with Crippen LogP contribution in [0.15, 0.2) is 36.8 Å². The molecule has 0 aliphatic carbocycles. The van der Waals surface area contributed by atoms with Crippen molar-refractivity contribution in [3.63, 3.8) is 0 Å². The summed E-state index contributed by atoms with van der Waals surface area (Å²) in [6.45, 7) is 0. The van der Waals surface area contributed by atoms with E-state index in [1.165, 1.54) is 6.33 Å². The molecule has 1 aromatic heterocycles. The van der Waals surface area contributed by atoms with Gasteiger partial charge in [0.1, 0.15) is 0 Å². The average molecular weight is 262 g/mol. The van der Waals surface area contributed by atoms with E-state index < -0.39 is 4.33 Å². The molecule has 0 radical (unpaired) electrons. The lowest BCUT2D eigenvalue weighted by Gasteiger charge is -2.19. The molecule has 0 saturated heterocycles. The van der Waals surface area contributed by atoms with Gasteiger partial charge in [-0.1, -0.05) is 53.0 Å². The zero-order valence-corrected chi connectivity index (χ0v) is 9.81. The topological polar surface area (TPSA) is 28.7 Å². The summed E-state index contributed by atoms with van der Waals surface area (Å²) in [5.41, 5.74) is 1.23. The minimum Gasteiger partial charge on any atom is -0.346 e. The van der Waals surface area contributed by atoms with Gasteiger partial charge in [-0.2, -0.15) is 0 Å². The van der Waals surface area contributed by atoms with Crippen molar-refractivity contribution in [2.24, 2.45) is 0 Å². The summed E-state index contributed by atoms with van der Waals surface area (Å²) >= 11 is 18.5. The molecule has 5 heteroatoms. The number of aromatic nitrogens is 2. The number of hydrogen-bond donors (Lipinski definition) is 1. The van der Waals surface area contributed by atoms with Crippen LogP contribution in [0, 0.1) is 0 Å². The second-order valence-electron chi connectivity index (χ2n) is 3.02. The Morgan fingerprint density at radius 3 is 2.53 bits per heavy atom. The van der Waals surface area contributed by atoms with Gasteiger partial charge in [0.25, 0.3) is 0 Å². The highest BCUT2D eigenvalue weighted by molar-refractivity contribution is 6.51. The van der Waals surface area contributed by atoms with Crippen molar-refractivity contribution in [2.75, 3.05) is 0 Å². The highest BCUT2D eigenvalue weighted by atomic mass is 35.5. The van der Waals surface area contributed by atoms with E-state index in [1.807, 2.05) is 12.1 Å².